The Bertz CT molecular complexity index is 708. The molecule has 1 heterocycles. The number of piperidine rings is 1. The lowest BCUT2D eigenvalue weighted by atomic mass is 10.0. The van der Waals surface area contributed by atoms with E-state index in [1.165, 1.54) is 4.90 Å². The second kappa shape index (κ2) is 9.21. The molecule has 4 nitrogen and oxygen atoms in total. The summed E-state index contributed by atoms with van der Waals surface area (Å²) in [5, 5.41) is 12.1. The Morgan fingerprint density at radius 2 is 1.65 bits per heavy atom. The molecule has 26 heavy (non-hydrogen) atoms. The molecule has 0 unspecified atom stereocenters. The van der Waals surface area contributed by atoms with Crippen molar-refractivity contribution in [3.63, 3.8) is 0 Å². The van der Waals surface area contributed by atoms with Crippen molar-refractivity contribution in [1.29, 1.82) is 0 Å². The van der Waals surface area contributed by atoms with Crippen molar-refractivity contribution in [3.8, 4) is 11.1 Å². The number of hydrogen-bond acceptors (Lipinski definition) is 4. The number of hydrogen-bond donors (Lipinski definition) is 2. The maximum atomic E-state index is 12.5. The smallest absolute Gasteiger partial charge is 0.251 e. The van der Waals surface area contributed by atoms with Crippen LogP contribution in [0.25, 0.3) is 11.1 Å². The van der Waals surface area contributed by atoms with Crippen LogP contribution in [0.1, 0.15) is 23.2 Å². The first-order valence-corrected chi connectivity index (χ1v) is 10.3. The van der Waals surface area contributed by atoms with Crippen molar-refractivity contribution in [1.82, 2.24) is 10.2 Å². The number of thioether (sulfide) groups is 1. The van der Waals surface area contributed by atoms with Gasteiger partial charge in [0.05, 0.1) is 6.61 Å². The van der Waals surface area contributed by atoms with E-state index in [-0.39, 0.29) is 18.6 Å². The van der Waals surface area contributed by atoms with E-state index in [1.54, 1.807) is 11.8 Å². The van der Waals surface area contributed by atoms with Gasteiger partial charge in [-0.15, -0.1) is 11.8 Å². The molecule has 2 N–H and O–H groups in total. The zero-order chi connectivity index (χ0) is 18.4. The van der Waals surface area contributed by atoms with Gasteiger partial charge >= 0.3 is 0 Å². The van der Waals surface area contributed by atoms with Crippen LogP contribution in [0.5, 0.6) is 0 Å². The lowest BCUT2D eigenvalue weighted by molar-refractivity contribution is 0.0903. The van der Waals surface area contributed by atoms with Gasteiger partial charge in [0, 0.05) is 36.1 Å². The Morgan fingerprint density at radius 1 is 1.08 bits per heavy atom. The second-order valence-electron chi connectivity index (χ2n) is 6.62. The van der Waals surface area contributed by atoms with Crippen molar-refractivity contribution in [2.24, 2.45) is 0 Å². The number of β-amino-alcohol motifs (C(OH)–C–C–N with tert-alkyl or cyclic N) is 1. The quantitative estimate of drug-likeness (QED) is 0.767. The van der Waals surface area contributed by atoms with E-state index in [4.69, 9.17) is 5.11 Å². The molecule has 3 rings (SSSR count). The highest BCUT2D eigenvalue weighted by molar-refractivity contribution is 7.98. The van der Waals surface area contributed by atoms with Gasteiger partial charge in [-0.25, -0.2) is 0 Å². The van der Waals surface area contributed by atoms with E-state index in [9.17, 15) is 4.79 Å². The molecular weight excluding hydrogens is 344 g/mol. The monoisotopic (exact) mass is 370 g/mol. The van der Waals surface area contributed by atoms with Crippen molar-refractivity contribution >= 4 is 17.7 Å². The van der Waals surface area contributed by atoms with Gasteiger partial charge in [-0.05, 0) is 54.5 Å². The summed E-state index contributed by atoms with van der Waals surface area (Å²) < 4.78 is 0. The largest absolute Gasteiger partial charge is 0.395 e. The van der Waals surface area contributed by atoms with Gasteiger partial charge < -0.3 is 15.3 Å². The summed E-state index contributed by atoms with van der Waals surface area (Å²) in [5.41, 5.74) is 2.98. The van der Waals surface area contributed by atoms with Gasteiger partial charge in [0.25, 0.3) is 5.91 Å². The van der Waals surface area contributed by atoms with Gasteiger partial charge in [-0.3, -0.25) is 4.79 Å². The van der Waals surface area contributed by atoms with E-state index in [2.05, 4.69) is 40.7 Å². The Morgan fingerprint density at radius 3 is 2.19 bits per heavy atom. The minimum atomic E-state index is -0.00473. The molecule has 1 aliphatic heterocycles. The third-order valence-corrected chi connectivity index (χ3v) is 5.65. The molecule has 1 amide bonds. The number of amides is 1. The van der Waals surface area contributed by atoms with E-state index in [0.717, 1.165) is 43.6 Å². The zero-order valence-electron chi connectivity index (χ0n) is 15.1. The molecule has 0 atom stereocenters. The average Bonchev–Trinajstić information content (AvgIpc) is 2.70. The summed E-state index contributed by atoms with van der Waals surface area (Å²) in [6, 6.07) is 16.5. The summed E-state index contributed by atoms with van der Waals surface area (Å²) in [7, 11) is 0. The van der Waals surface area contributed by atoms with E-state index < -0.39 is 0 Å². The summed E-state index contributed by atoms with van der Waals surface area (Å²) in [6.07, 6.45) is 3.94. The number of benzene rings is 2. The molecule has 5 heteroatoms. The van der Waals surface area contributed by atoms with Crippen molar-refractivity contribution in [2.75, 3.05) is 32.5 Å². The van der Waals surface area contributed by atoms with E-state index >= 15 is 0 Å². The summed E-state index contributed by atoms with van der Waals surface area (Å²) in [4.78, 5) is 16.0. The molecule has 0 saturated carbocycles. The van der Waals surface area contributed by atoms with Crippen LogP contribution in [0.15, 0.2) is 53.4 Å². The van der Waals surface area contributed by atoms with Crippen LogP contribution in [0, 0.1) is 0 Å². The number of carbonyl (C=O) groups is 1. The van der Waals surface area contributed by atoms with Gasteiger partial charge in [0.15, 0.2) is 0 Å². The van der Waals surface area contributed by atoms with Crippen LogP contribution in [0.2, 0.25) is 0 Å². The molecule has 0 spiro atoms. The highest BCUT2D eigenvalue weighted by atomic mass is 32.2. The molecule has 0 radical (unpaired) electrons. The van der Waals surface area contributed by atoms with Crippen molar-refractivity contribution < 1.29 is 9.90 Å². The summed E-state index contributed by atoms with van der Waals surface area (Å²) in [6.45, 7) is 2.77. The predicted octanol–water partition coefficient (Wildman–Crippen LogP) is 3.26. The minimum Gasteiger partial charge on any atom is -0.395 e. The summed E-state index contributed by atoms with van der Waals surface area (Å²) in [5.74, 6) is -0.00473. The first-order valence-electron chi connectivity index (χ1n) is 9.08. The van der Waals surface area contributed by atoms with Crippen LogP contribution < -0.4 is 5.32 Å². The maximum Gasteiger partial charge on any atom is 0.251 e. The van der Waals surface area contributed by atoms with Gasteiger partial charge in [0.2, 0.25) is 0 Å². The number of nitrogens with zero attached hydrogens (tertiary/aromatic N) is 1. The van der Waals surface area contributed by atoms with Crippen LogP contribution in [-0.2, 0) is 0 Å². The van der Waals surface area contributed by atoms with Crippen molar-refractivity contribution in [3.05, 3.63) is 54.1 Å². The fourth-order valence-corrected chi connectivity index (χ4v) is 3.72. The van der Waals surface area contributed by atoms with Crippen molar-refractivity contribution in [2.45, 2.75) is 23.8 Å². The normalized spacial score (nSPS) is 15.8. The molecule has 0 bridgehead atoms. The number of nitrogens with one attached hydrogen (secondary N) is 1. The van der Waals surface area contributed by atoms with E-state index in [0.29, 0.717) is 5.56 Å². The van der Waals surface area contributed by atoms with Crippen LogP contribution in [0.4, 0.5) is 0 Å². The highest BCUT2D eigenvalue weighted by Gasteiger charge is 2.20. The minimum absolute atomic E-state index is 0.00473. The molecule has 138 valence electrons. The van der Waals surface area contributed by atoms with Gasteiger partial charge in [-0.2, -0.15) is 0 Å². The third-order valence-electron chi connectivity index (χ3n) is 4.91. The number of aliphatic hydroxyl groups excluding tert-OH is 1. The van der Waals surface area contributed by atoms with Crippen LogP contribution >= 0.6 is 11.8 Å². The SMILES string of the molecule is CSc1ccc(-c2ccc(C(=O)NC3CCN(CCO)CC3)cc2)cc1. The average molecular weight is 371 g/mol. The third kappa shape index (κ3) is 4.87. The number of likely N-dealkylation sites (tertiary alicyclic amines) is 1. The standard InChI is InChI=1S/C21H26N2O2S/c1-26-20-8-6-17(7-9-20)16-2-4-18(5-3-16)21(25)22-19-10-12-23(13-11-19)14-15-24/h2-9,19,24H,10-15H2,1H3,(H,22,25). The van der Waals surface area contributed by atoms with Crippen LogP contribution in [-0.4, -0.2) is 54.5 Å². The molecule has 1 fully saturated rings. The maximum absolute atomic E-state index is 12.5. The molecule has 0 aromatic heterocycles. The number of carbonyl (C=O) groups excluding carboxylic acids is 1. The molecule has 2 aromatic carbocycles. The second-order valence-corrected chi connectivity index (χ2v) is 7.50. The first kappa shape index (κ1) is 19.0. The fourth-order valence-electron chi connectivity index (χ4n) is 3.31. The molecule has 0 aliphatic carbocycles. The zero-order valence-corrected chi connectivity index (χ0v) is 16.0. The number of rotatable bonds is 6. The fraction of sp³-hybridized carbons (Fsp3) is 0.381. The van der Waals surface area contributed by atoms with Gasteiger partial charge in [-0.1, -0.05) is 24.3 Å². The van der Waals surface area contributed by atoms with E-state index in [1.807, 2.05) is 24.3 Å². The first-order chi connectivity index (χ1) is 12.7. The number of aliphatic hydroxyl groups is 1. The Balaban J connectivity index is 1.57. The highest BCUT2D eigenvalue weighted by Crippen LogP contribution is 2.23. The molecule has 1 aliphatic rings. The van der Waals surface area contributed by atoms with Gasteiger partial charge in [0.1, 0.15) is 0 Å². The molecule has 1 saturated heterocycles. The summed E-state index contributed by atoms with van der Waals surface area (Å²) >= 11 is 1.73. The lowest BCUT2D eigenvalue weighted by Crippen LogP contribution is -2.45. The molecule has 2 aromatic rings. The predicted molar refractivity (Wildman–Crippen MR) is 108 cm³/mol. The van der Waals surface area contributed by atoms with Crippen LogP contribution in [0.3, 0.4) is 0 Å². The molecular formula is C21H26N2O2S. The Hall–Kier alpha value is -1.82. The topological polar surface area (TPSA) is 52.6 Å². The Kier molecular flexibility index (Phi) is 6.72. The lowest BCUT2D eigenvalue weighted by Gasteiger charge is -2.31. The Labute approximate surface area is 159 Å².